The predicted molar refractivity (Wildman–Crippen MR) is 90.4 cm³/mol. The van der Waals surface area contributed by atoms with Crippen LogP contribution < -0.4 is 11.1 Å². The molecule has 0 aliphatic rings. The van der Waals surface area contributed by atoms with E-state index in [1.54, 1.807) is 13.1 Å². The topological polar surface area (TPSA) is 150 Å². The van der Waals surface area contributed by atoms with Crippen LogP contribution in [0.3, 0.4) is 0 Å². The van der Waals surface area contributed by atoms with Gasteiger partial charge in [-0.2, -0.15) is 10.1 Å². The minimum Gasteiger partial charge on any atom is -0.483 e. The maximum absolute atomic E-state index is 9.38. The van der Waals surface area contributed by atoms with E-state index in [9.17, 15) is 5.11 Å². The Labute approximate surface area is 137 Å². The summed E-state index contributed by atoms with van der Waals surface area (Å²) in [6, 6.07) is 7.70. The van der Waals surface area contributed by atoms with Crippen molar-refractivity contribution in [1.82, 2.24) is 20.2 Å². The Bertz CT molecular complexity index is 804. The van der Waals surface area contributed by atoms with E-state index in [-0.39, 0.29) is 12.4 Å². The van der Waals surface area contributed by atoms with Gasteiger partial charge in [-0.25, -0.2) is 4.98 Å². The highest BCUT2D eigenvalue weighted by Crippen LogP contribution is 2.26. The molecular weight excluding hydrogens is 312 g/mol. The van der Waals surface area contributed by atoms with Gasteiger partial charge in [0.1, 0.15) is 5.82 Å². The molecule has 2 heterocycles. The number of hydrogen-bond donors (Lipinski definition) is 5. The molecule has 6 N–H and O–H groups in total. The number of carboxylic acid groups (broad SMARTS) is 1. The Hall–Kier alpha value is -3.20. The second kappa shape index (κ2) is 7.88. The fourth-order valence-electron chi connectivity index (χ4n) is 2.11. The van der Waals surface area contributed by atoms with Crippen LogP contribution in [-0.2, 0) is 4.79 Å². The van der Waals surface area contributed by atoms with Crippen molar-refractivity contribution in [2.75, 3.05) is 17.6 Å². The molecular formula is C15H18N6O3. The van der Waals surface area contributed by atoms with Crippen LogP contribution in [0.2, 0.25) is 0 Å². The van der Waals surface area contributed by atoms with Gasteiger partial charge in [0.05, 0.1) is 17.3 Å². The first-order valence-corrected chi connectivity index (χ1v) is 7.12. The van der Waals surface area contributed by atoms with E-state index in [2.05, 4.69) is 25.5 Å². The van der Waals surface area contributed by atoms with Gasteiger partial charge in [0, 0.05) is 23.7 Å². The fourth-order valence-corrected chi connectivity index (χ4v) is 2.11. The number of nitrogens with one attached hydrogen (secondary N) is 2. The van der Waals surface area contributed by atoms with Crippen LogP contribution in [0.25, 0.3) is 22.2 Å². The number of nitrogen functional groups attached to an aromatic ring is 1. The summed E-state index contributed by atoms with van der Waals surface area (Å²) in [7, 11) is 0. The molecule has 0 saturated carbocycles. The molecule has 9 heteroatoms. The average molecular weight is 330 g/mol. The molecule has 0 aliphatic carbocycles. The molecule has 3 rings (SSSR count). The Morgan fingerprint density at radius 2 is 2.12 bits per heavy atom. The number of anilines is 2. The summed E-state index contributed by atoms with van der Waals surface area (Å²) < 4.78 is 0. The number of hydrogen-bond acceptors (Lipinski definition) is 7. The molecule has 0 unspecified atom stereocenters. The van der Waals surface area contributed by atoms with Crippen molar-refractivity contribution in [3.63, 3.8) is 0 Å². The number of aromatic amines is 1. The minimum atomic E-state index is -0.472. The summed E-state index contributed by atoms with van der Waals surface area (Å²) >= 11 is 0. The van der Waals surface area contributed by atoms with Crippen molar-refractivity contribution in [3.05, 3.63) is 30.5 Å². The van der Waals surface area contributed by atoms with E-state index in [0.717, 1.165) is 22.2 Å². The van der Waals surface area contributed by atoms with Crippen LogP contribution in [0, 0.1) is 0 Å². The van der Waals surface area contributed by atoms with Crippen molar-refractivity contribution >= 4 is 29.1 Å². The van der Waals surface area contributed by atoms with E-state index in [1.807, 2.05) is 24.3 Å². The molecule has 0 saturated heterocycles. The number of nitrogens with two attached hydrogens (primary N) is 1. The van der Waals surface area contributed by atoms with Crippen LogP contribution in [0.1, 0.15) is 6.92 Å². The van der Waals surface area contributed by atoms with E-state index >= 15 is 0 Å². The van der Waals surface area contributed by atoms with Gasteiger partial charge in [-0.1, -0.05) is 6.07 Å². The number of benzene rings is 1. The van der Waals surface area contributed by atoms with Gasteiger partial charge < -0.3 is 21.3 Å². The first-order valence-electron chi connectivity index (χ1n) is 7.12. The van der Waals surface area contributed by atoms with E-state index < -0.39 is 6.10 Å². The number of nitrogens with zero attached hydrogens (tertiary/aromatic N) is 3. The minimum absolute atomic E-state index is 0.192. The van der Waals surface area contributed by atoms with Crippen molar-refractivity contribution in [2.45, 2.75) is 13.0 Å². The van der Waals surface area contributed by atoms with Crippen molar-refractivity contribution in [3.8, 4) is 11.3 Å². The molecule has 24 heavy (non-hydrogen) atoms. The van der Waals surface area contributed by atoms with Crippen LogP contribution in [-0.4, -0.2) is 49.5 Å². The van der Waals surface area contributed by atoms with Crippen LogP contribution in [0.15, 0.2) is 30.5 Å². The average Bonchev–Trinajstić information content (AvgIpc) is 3.07. The number of rotatable bonds is 4. The molecule has 3 aromatic rings. The Morgan fingerprint density at radius 1 is 1.38 bits per heavy atom. The Morgan fingerprint density at radius 3 is 2.75 bits per heavy atom. The van der Waals surface area contributed by atoms with Gasteiger partial charge in [-0.3, -0.25) is 9.89 Å². The predicted octanol–water partition coefficient (Wildman–Crippen LogP) is 1.10. The number of aliphatic hydroxyl groups excluding tert-OH is 1. The smallest absolute Gasteiger partial charge is 0.290 e. The molecule has 0 bridgehead atoms. The lowest BCUT2D eigenvalue weighted by Gasteiger charge is -2.11. The van der Waals surface area contributed by atoms with Gasteiger partial charge >= 0.3 is 0 Å². The van der Waals surface area contributed by atoms with Gasteiger partial charge in [0.15, 0.2) is 0 Å². The van der Waals surface area contributed by atoms with Crippen molar-refractivity contribution < 1.29 is 15.0 Å². The molecule has 0 aliphatic heterocycles. The maximum atomic E-state index is 9.38. The number of aliphatic hydroxyl groups is 1. The second-order valence-corrected chi connectivity index (χ2v) is 4.97. The van der Waals surface area contributed by atoms with Gasteiger partial charge in [-0.05, 0) is 25.1 Å². The zero-order valence-electron chi connectivity index (χ0n) is 13.0. The highest BCUT2D eigenvalue weighted by molar-refractivity contribution is 5.92. The molecule has 2 aromatic heterocycles. The normalized spacial score (nSPS) is 11.4. The van der Waals surface area contributed by atoms with Gasteiger partial charge in [-0.15, -0.1) is 0 Å². The number of carbonyl (C=O) groups is 1. The molecule has 126 valence electrons. The summed E-state index contributed by atoms with van der Waals surface area (Å²) in [6.45, 7) is 1.85. The van der Waals surface area contributed by atoms with Crippen molar-refractivity contribution in [1.29, 1.82) is 0 Å². The Balaban J connectivity index is 0.000000647. The van der Waals surface area contributed by atoms with Crippen molar-refractivity contribution in [2.24, 2.45) is 0 Å². The molecule has 0 fully saturated rings. The molecule has 9 nitrogen and oxygen atoms in total. The lowest BCUT2D eigenvalue weighted by atomic mass is 10.1. The molecule has 0 spiro atoms. The zero-order valence-corrected chi connectivity index (χ0v) is 13.0. The standard InChI is InChI=1S/C14H16N6O.CH2O2/c1-8(21)7-16-13-10-3-2-9(11-4-5-17-20-11)6-12(10)18-14(15)19-13;2-1-3/h2-6,8,21H,7H2,1H3,(H,17,20)(H3,15,16,18,19);1H,(H,2,3)/t8-;/m1./s1. The third kappa shape index (κ3) is 4.17. The summed E-state index contributed by atoms with van der Waals surface area (Å²) in [5.74, 6) is 0.812. The third-order valence-electron chi connectivity index (χ3n) is 3.09. The molecule has 1 aromatic carbocycles. The summed E-state index contributed by atoms with van der Waals surface area (Å²) in [6.07, 6.45) is 1.23. The van der Waals surface area contributed by atoms with Gasteiger partial charge in [0.2, 0.25) is 5.95 Å². The lowest BCUT2D eigenvalue weighted by molar-refractivity contribution is -0.122. The molecule has 0 radical (unpaired) electrons. The summed E-state index contributed by atoms with van der Waals surface area (Å²) in [5, 5.41) is 27.1. The van der Waals surface area contributed by atoms with Crippen LogP contribution in [0.5, 0.6) is 0 Å². The first-order chi connectivity index (χ1) is 11.5. The summed E-state index contributed by atoms with van der Waals surface area (Å²) in [5.41, 5.74) is 8.38. The summed E-state index contributed by atoms with van der Waals surface area (Å²) in [4.78, 5) is 16.8. The lowest BCUT2D eigenvalue weighted by Crippen LogP contribution is -2.16. The largest absolute Gasteiger partial charge is 0.483 e. The molecule has 0 amide bonds. The van der Waals surface area contributed by atoms with E-state index in [4.69, 9.17) is 15.6 Å². The number of H-pyrrole nitrogens is 1. The quantitative estimate of drug-likeness (QED) is 0.446. The third-order valence-corrected chi connectivity index (χ3v) is 3.09. The Kier molecular flexibility index (Phi) is 5.63. The van der Waals surface area contributed by atoms with Gasteiger partial charge in [0.25, 0.3) is 6.47 Å². The number of fused-ring (bicyclic) bond motifs is 1. The fraction of sp³-hybridized carbons (Fsp3) is 0.200. The number of aromatic nitrogens is 4. The van der Waals surface area contributed by atoms with Crippen LogP contribution >= 0.6 is 0 Å². The SMILES string of the molecule is C[C@@H](O)CNc1nc(N)nc2cc(-c3ccn[nH]3)ccc12.O=CO. The maximum Gasteiger partial charge on any atom is 0.290 e. The van der Waals surface area contributed by atoms with E-state index in [1.165, 1.54) is 0 Å². The monoisotopic (exact) mass is 330 g/mol. The van der Waals surface area contributed by atoms with Crippen LogP contribution in [0.4, 0.5) is 11.8 Å². The first kappa shape index (κ1) is 17.2. The zero-order chi connectivity index (χ0) is 17.5. The highest BCUT2D eigenvalue weighted by atomic mass is 16.3. The molecule has 1 atom stereocenters. The highest BCUT2D eigenvalue weighted by Gasteiger charge is 2.09. The van der Waals surface area contributed by atoms with E-state index in [0.29, 0.717) is 12.4 Å². The second-order valence-electron chi connectivity index (χ2n) is 4.97.